The van der Waals surface area contributed by atoms with Gasteiger partial charge in [0.1, 0.15) is 12.4 Å². The van der Waals surface area contributed by atoms with Crippen LogP contribution in [0.25, 0.3) is 0 Å². The fourth-order valence-corrected chi connectivity index (χ4v) is 3.30. The maximum atomic E-state index is 13.3. The van der Waals surface area contributed by atoms with Gasteiger partial charge in [-0.2, -0.15) is 5.10 Å². The van der Waals surface area contributed by atoms with Crippen molar-refractivity contribution in [3.8, 4) is 0 Å². The summed E-state index contributed by atoms with van der Waals surface area (Å²) in [5.74, 6) is -0.981. The first-order chi connectivity index (χ1) is 14.3. The Morgan fingerprint density at radius 2 is 1.97 bits per heavy atom. The van der Waals surface area contributed by atoms with Crippen molar-refractivity contribution in [1.29, 1.82) is 0 Å². The highest BCUT2D eigenvalue weighted by atomic mass is 19.1. The van der Waals surface area contributed by atoms with Crippen molar-refractivity contribution < 1.29 is 18.9 Å². The molecule has 0 aromatic heterocycles. The van der Waals surface area contributed by atoms with Crippen molar-refractivity contribution >= 4 is 23.2 Å². The zero-order valence-electron chi connectivity index (χ0n) is 16.6. The second kappa shape index (κ2) is 8.81. The van der Waals surface area contributed by atoms with E-state index in [1.807, 2.05) is 0 Å². The van der Waals surface area contributed by atoms with Gasteiger partial charge in [-0.15, -0.1) is 0 Å². The molecular weight excluding hydrogens is 391 g/mol. The Balaban J connectivity index is 1.94. The maximum absolute atomic E-state index is 13.3. The molecule has 1 heterocycles. The Labute approximate surface area is 172 Å². The number of hydrazone groups is 1. The van der Waals surface area contributed by atoms with Gasteiger partial charge in [-0.3, -0.25) is 19.7 Å². The topological polar surface area (TPSA) is 96.1 Å². The van der Waals surface area contributed by atoms with Crippen LogP contribution in [0, 0.1) is 15.9 Å². The number of likely N-dealkylation sites (N-methyl/N-ethyl adjacent to an activating group) is 1. The molecule has 1 atom stereocenters. The third-order valence-electron chi connectivity index (χ3n) is 4.91. The number of carbonyl (C=O) groups excluding carboxylic acids is 2. The summed E-state index contributed by atoms with van der Waals surface area (Å²) in [7, 11) is 1.53. The smallest absolute Gasteiger partial charge is 0.269 e. The van der Waals surface area contributed by atoms with Crippen molar-refractivity contribution in [2.45, 2.75) is 25.8 Å². The number of non-ortho nitro benzene ring substituents is 1. The van der Waals surface area contributed by atoms with E-state index in [1.165, 1.54) is 41.2 Å². The van der Waals surface area contributed by atoms with E-state index < -0.39 is 16.9 Å². The van der Waals surface area contributed by atoms with Crippen LogP contribution in [0.3, 0.4) is 0 Å². The lowest BCUT2D eigenvalue weighted by Crippen LogP contribution is -2.39. The van der Waals surface area contributed by atoms with Gasteiger partial charge in [0, 0.05) is 32.0 Å². The van der Waals surface area contributed by atoms with Gasteiger partial charge < -0.3 is 4.90 Å². The van der Waals surface area contributed by atoms with Gasteiger partial charge >= 0.3 is 0 Å². The van der Waals surface area contributed by atoms with Gasteiger partial charge in [-0.05, 0) is 23.3 Å². The van der Waals surface area contributed by atoms with Gasteiger partial charge in [-0.25, -0.2) is 9.40 Å². The lowest BCUT2D eigenvalue weighted by Gasteiger charge is -2.24. The van der Waals surface area contributed by atoms with Gasteiger partial charge in [0.2, 0.25) is 5.91 Å². The van der Waals surface area contributed by atoms with Gasteiger partial charge in [0.05, 0.1) is 16.7 Å². The molecule has 0 fully saturated rings. The molecule has 0 radical (unpaired) electrons. The van der Waals surface area contributed by atoms with Crippen molar-refractivity contribution in [3.05, 3.63) is 75.6 Å². The number of halogens is 1. The van der Waals surface area contributed by atoms with Crippen LogP contribution in [-0.2, 0) is 9.59 Å². The third kappa shape index (κ3) is 4.51. The summed E-state index contributed by atoms with van der Waals surface area (Å²) in [6.45, 7) is 1.54. The molecule has 9 heteroatoms. The molecule has 0 saturated heterocycles. The molecule has 156 valence electrons. The molecule has 1 aliphatic rings. The van der Waals surface area contributed by atoms with Crippen molar-refractivity contribution in [1.82, 2.24) is 9.91 Å². The summed E-state index contributed by atoms with van der Waals surface area (Å²) < 4.78 is 13.3. The highest BCUT2D eigenvalue weighted by Crippen LogP contribution is 2.34. The van der Waals surface area contributed by atoms with Crippen molar-refractivity contribution in [3.63, 3.8) is 0 Å². The summed E-state index contributed by atoms with van der Waals surface area (Å²) in [4.78, 5) is 36.8. The Bertz CT molecular complexity index is 1010. The minimum atomic E-state index is -0.567. The first kappa shape index (κ1) is 21.1. The number of amides is 2. The van der Waals surface area contributed by atoms with Gasteiger partial charge in [0.25, 0.3) is 11.6 Å². The molecule has 0 bridgehead atoms. The van der Waals surface area contributed by atoms with Crippen molar-refractivity contribution in [2.75, 3.05) is 13.6 Å². The van der Waals surface area contributed by atoms with E-state index in [0.29, 0.717) is 23.3 Å². The highest BCUT2D eigenvalue weighted by molar-refractivity contribution is 6.03. The second-order valence-electron chi connectivity index (χ2n) is 6.97. The molecule has 8 nitrogen and oxygen atoms in total. The largest absolute Gasteiger partial charge is 0.336 e. The molecule has 0 spiro atoms. The summed E-state index contributed by atoms with van der Waals surface area (Å²) in [6, 6.07) is 11.2. The van der Waals surface area contributed by atoms with E-state index >= 15 is 0 Å². The number of nitrogens with zero attached hydrogens (tertiary/aromatic N) is 4. The van der Waals surface area contributed by atoms with E-state index in [0.717, 1.165) is 0 Å². The zero-order chi connectivity index (χ0) is 21.8. The van der Waals surface area contributed by atoms with E-state index in [4.69, 9.17) is 0 Å². The quantitative estimate of drug-likeness (QED) is 0.537. The normalized spacial score (nSPS) is 15.6. The summed E-state index contributed by atoms with van der Waals surface area (Å²) in [6.07, 6.45) is 0.576. The van der Waals surface area contributed by atoms with Crippen LogP contribution >= 0.6 is 0 Å². The molecule has 2 amide bonds. The molecule has 30 heavy (non-hydrogen) atoms. The first-order valence-corrected chi connectivity index (χ1v) is 9.44. The molecule has 0 N–H and O–H groups in total. The number of benzene rings is 2. The van der Waals surface area contributed by atoms with E-state index in [2.05, 4.69) is 5.10 Å². The lowest BCUT2D eigenvalue weighted by atomic mass is 9.98. The third-order valence-corrected chi connectivity index (χ3v) is 4.91. The van der Waals surface area contributed by atoms with E-state index in [9.17, 15) is 24.1 Å². The van der Waals surface area contributed by atoms with Gasteiger partial charge in [0.15, 0.2) is 0 Å². The monoisotopic (exact) mass is 412 g/mol. The van der Waals surface area contributed by atoms with Crippen LogP contribution in [0.5, 0.6) is 0 Å². The highest BCUT2D eigenvalue weighted by Gasteiger charge is 2.34. The minimum absolute atomic E-state index is 0.0894. The average molecular weight is 412 g/mol. The number of carbonyl (C=O) groups is 2. The number of nitro groups is 1. The Hall–Kier alpha value is -3.62. The molecule has 2 aromatic rings. The standard InChI is InChI=1S/C21H21FN4O4/c1-3-20(27)24(2)13-21(28)25-19(15-5-4-6-17(11-15)26(29)30)12-18(23-25)14-7-9-16(22)10-8-14/h4-11,19H,3,12-13H2,1-2H3/t19-/m1/s1. The Morgan fingerprint density at radius 1 is 1.27 bits per heavy atom. The summed E-state index contributed by atoms with van der Waals surface area (Å²) in [5.41, 5.74) is 1.68. The molecule has 0 unspecified atom stereocenters. The van der Waals surface area contributed by atoms with Crippen molar-refractivity contribution in [2.24, 2.45) is 5.10 Å². The van der Waals surface area contributed by atoms with Crippen LogP contribution in [0.4, 0.5) is 10.1 Å². The van der Waals surface area contributed by atoms with Crippen LogP contribution < -0.4 is 0 Å². The molecule has 1 aliphatic heterocycles. The minimum Gasteiger partial charge on any atom is -0.336 e. The van der Waals surface area contributed by atoms with Crippen LogP contribution in [0.15, 0.2) is 53.6 Å². The predicted octanol–water partition coefficient (Wildman–Crippen LogP) is 3.28. The zero-order valence-corrected chi connectivity index (χ0v) is 16.6. The van der Waals surface area contributed by atoms with E-state index in [1.54, 1.807) is 31.2 Å². The first-order valence-electron chi connectivity index (χ1n) is 9.44. The fraction of sp³-hybridized carbons (Fsp3) is 0.286. The molecule has 3 rings (SSSR count). The van der Waals surface area contributed by atoms with Crippen LogP contribution in [0.1, 0.15) is 36.9 Å². The predicted molar refractivity (Wildman–Crippen MR) is 108 cm³/mol. The summed E-state index contributed by atoms with van der Waals surface area (Å²) >= 11 is 0. The lowest BCUT2D eigenvalue weighted by molar-refractivity contribution is -0.385. The maximum Gasteiger partial charge on any atom is 0.269 e. The number of nitro benzene ring substituents is 1. The van der Waals surface area contributed by atoms with Crippen LogP contribution in [0.2, 0.25) is 0 Å². The SMILES string of the molecule is CCC(=O)N(C)CC(=O)N1N=C(c2ccc(F)cc2)C[C@@H]1c1cccc([N+](=O)[O-])c1. The molecule has 2 aromatic carbocycles. The number of rotatable bonds is 6. The van der Waals surface area contributed by atoms with Gasteiger partial charge in [-0.1, -0.05) is 31.2 Å². The average Bonchev–Trinajstić information content (AvgIpc) is 3.19. The Morgan fingerprint density at radius 3 is 2.60 bits per heavy atom. The Kier molecular flexibility index (Phi) is 6.20. The molecular formula is C21H21FN4O4. The fourth-order valence-electron chi connectivity index (χ4n) is 3.30. The molecule has 0 aliphatic carbocycles. The summed E-state index contributed by atoms with van der Waals surface area (Å²) in [5, 5.41) is 16.9. The van der Waals surface area contributed by atoms with E-state index in [-0.39, 0.29) is 30.4 Å². The number of hydrogen-bond acceptors (Lipinski definition) is 5. The van der Waals surface area contributed by atoms with Crippen LogP contribution in [-0.4, -0.2) is 46.0 Å². The second-order valence-corrected chi connectivity index (χ2v) is 6.97. The molecule has 0 saturated carbocycles. The number of hydrogen-bond donors (Lipinski definition) is 0.